The molecule has 0 aromatic heterocycles. The minimum absolute atomic E-state index is 0.0664. The van der Waals surface area contributed by atoms with Gasteiger partial charge in [-0.05, 0) is 75.7 Å². The molecular formula is C22H30ClNO4. The number of benzene rings is 2. The standard InChI is InChI=1S/C12H17NO3.C8H7ClO.C2H6/c1-12(2,11(14)15)16-10-5-3-9(4-6-10)7-8-13;1-6(10)7-2-4-8(9)5-3-7;1-2/h3-6H,7-8,13H2,1-2H3,(H,14,15);2-5H,1H3;1-2H3. The number of carbonyl (C=O) groups is 2. The lowest BCUT2D eigenvalue weighted by Crippen LogP contribution is -2.37. The Kier molecular flexibility index (Phi) is 11.8. The van der Waals surface area contributed by atoms with Crippen molar-refractivity contribution in [3.63, 3.8) is 0 Å². The Hall–Kier alpha value is -2.37. The third-order valence-corrected chi connectivity index (χ3v) is 3.75. The third kappa shape index (κ3) is 9.53. The van der Waals surface area contributed by atoms with Gasteiger partial charge in [-0.1, -0.05) is 37.6 Å². The molecule has 2 aromatic carbocycles. The normalized spacial score (nSPS) is 9.96. The molecule has 28 heavy (non-hydrogen) atoms. The van der Waals surface area contributed by atoms with E-state index in [0.29, 0.717) is 22.9 Å². The molecule has 2 aromatic rings. The lowest BCUT2D eigenvalue weighted by Gasteiger charge is -2.21. The highest BCUT2D eigenvalue weighted by atomic mass is 35.5. The Morgan fingerprint density at radius 2 is 1.54 bits per heavy atom. The van der Waals surface area contributed by atoms with E-state index in [4.69, 9.17) is 27.2 Å². The number of nitrogens with two attached hydrogens (primary N) is 1. The summed E-state index contributed by atoms with van der Waals surface area (Å²) >= 11 is 5.61. The van der Waals surface area contributed by atoms with Crippen molar-refractivity contribution < 1.29 is 19.4 Å². The van der Waals surface area contributed by atoms with Crippen molar-refractivity contribution in [2.75, 3.05) is 6.54 Å². The Morgan fingerprint density at radius 1 is 1.04 bits per heavy atom. The van der Waals surface area contributed by atoms with E-state index >= 15 is 0 Å². The number of hydrogen-bond donors (Lipinski definition) is 2. The highest BCUT2D eigenvalue weighted by Gasteiger charge is 2.29. The van der Waals surface area contributed by atoms with Gasteiger partial charge >= 0.3 is 5.97 Å². The third-order valence-electron chi connectivity index (χ3n) is 3.50. The second-order valence-corrected chi connectivity index (χ2v) is 6.60. The van der Waals surface area contributed by atoms with Gasteiger partial charge in [0.2, 0.25) is 0 Å². The van der Waals surface area contributed by atoms with Crippen molar-refractivity contribution >= 4 is 23.4 Å². The van der Waals surface area contributed by atoms with E-state index in [1.54, 1.807) is 36.4 Å². The fraction of sp³-hybridized carbons (Fsp3) is 0.364. The molecule has 0 spiro atoms. The zero-order valence-corrected chi connectivity index (χ0v) is 17.9. The minimum Gasteiger partial charge on any atom is -0.478 e. The summed E-state index contributed by atoms with van der Waals surface area (Å²) in [4.78, 5) is 21.6. The number of Topliss-reactive ketones (excluding diaryl/α,β-unsaturated/α-hetero) is 1. The van der Waals surface area contributed by atoms with Crippen LogP contribution in [0.1, 0.15) is 50.5 Å². The van der Waals surface area contributed by atoms with Crippen LogP contribution in [0.5, 0.6) is 5.75 Å². The second kappa shape index (κ2) is 12.9. The van der Waals surface area contributed by atoms with E-state index in [9.17, 15) is 9.59 Å². The molecule has 0 aliphatic rings. The van der Waals surface area contributed by atoms with E-state index in [1.807, 2.05) is 26.0 Å². The molecule has 0 heterocycles. The van der Waals surface area contributed by atoms with Crippen LogP contribution in [0.2, 0.25) is 5.02 Å². The molecule has 0 aliphatic heterocycles. The summed E-state index contributed by atoms with van der Waals surface area (Å²) in [7, 11) is 0. The summed E-state index contributed by atoms with van der Waals surface area (Å²) < 4.78 is 5.37. The molecule has 3 N–H and O–H groups in total. The fourth-order valence-electron chi connectivity index (χ4n) is 1.91. The van der Waals surface area contributed by atoms with Gasteiger partial charge in [0.25, 0.3) is 0 Å². The molecule has 6 heteroatoms. The highest BCUT2D eigenvalue weighted by molar-refractivity contribution is 6.30. The number of carbonyl (C=O) groups excluding carboxylic acids is 1. The average molecular weight is 408 g/mol. The van der Waals surface area contributed by atoms with E-state index in [1.165, 1.54) is 20.8 Å². The van der Waals surface area contributed by atoms with Crippen LogP contribution in [0, 0.1) is 0 Å². The van der Waals surface area contributed by atoms with Crippen molar-refractivity contribution in [1.82, 2.24) is 0 Å². The van der Waals surface area contributed by atoms with Crippen molar-refractivity contribution in [1.29, 1.82) is 0 Å². The van der Waals surface area contributed by atoms with Gasteiger partial charge in [-0.2, -0.15) is 0 Å². The van der Waals surface area contributed by atoms with Crippen LogP contribution in [0.3, 0.4) is 0 Å². The monoisotopic (exact) mass is 407 g/mol. The maximum absolute atomic E-state index is 10.9. The Morgan fingerprint density at radius 3 is 1.93 bits per heavy atom. The second-order valence-electron chi connectivity index (χ2n) is 6.16. The summed E-state index contributed by atoms with van der Waals surface area (Å²) in [5.41, 5.74) is 6.03. The van der Waals surface area contributed by atoms with Crippen LogP contribution in [0.15, 0.2) is 48.5 Å². The largest absolute Gasteiger partial charge is 0.478 e. The average Bonchev–Trinajstić information content (AvgIpc) is 2.66. The molecule has 0 aliphatic carbocycles. The Balaban J connectivity index is 0.000000520. The smallest absolute Gasteiger partial charge is 0.347 e. The molecule has 0 saturated heterocycles. The summed E-state index contributed by atoms with van der Waals surface area (Å²) in [6, 6.07) is 14.1. The first-order valence-electron chi connectivity index (χ1n) is 9.13. The van der Waals surface area contributed by atoms with Gasteiger partial charge in [0.1, 0.15) is 5.75 Å². The van der Waals surface area contributed by atoms with Crippen LogP contribution >= 0.6 is 11.6 Å². The molecule has 0 bridgehead atoms. The Labute approximate surface area is 172 Å². The molecular weight excluding hydrogens is 378 g/mol. The number of rotatable bonds is 6. The van der Waals surface area contributed by atoms with Gasteiger partial charge < -0.3 is 15.6 Å². The maximum Gasteiger partial charge on any atom is 0.347 e. The minimum atomic E-state index is -1.21. The van der Waals surface area contributed by atoms with Crippen LogP contribution < -0.4 is 10.5 Å². The van der Waals surface area contributed by atoms with E-state index < -0.39 is 11.6 Å². The van der Waals surface area contributed by atoms with E-state index in [-0.39, 0.29) is 5.78 Å². The number of carboxylic acid groups (broad SMARTS) is 1. The van der Waals surface area contributed by atoms with Crippen LogP contribution in [0.25, 0.3) is 0 Å². The number of hydrogen-bond acceptors (Lipinski definition) is 4. The van der Waals surface area contributed by atoms with Gasteiger partial charge in [0.15, 0.2) is 11.4 Å². The van der Waals surface area contributed by atoms with E-state index in [2.05, 4.69) is 0 Å². The molecule has 2 rings (SSSR count). The zero-order valence-electron chi connectivity index (χ0n) is 17.2. The van der Waals surface area contributed by atoms with Crippen molar-refractivity contribution in [3.8, 4) is 5.75 Å². The van der Waals surface area contributed by atoms with Gasteiger partial charge in [-0.3, -0.25) is 4.79 Å². The number of ether oxygens (including phenoxy) is 1. The predicted molar refractivity (Wildman–Crippen MR) is 114 cm³/mol. The molecule has 0 unspecified atom stereocenters. The van der Waals surface area contributed by atoms with Crippen LogP contribution in [0.4, 0.5) is 0 Å². The molecule has 0 amide bonds. The van der Waals surface area contributed by atoms with Gasteiger partial charge in [0, 0.05) is 10.6 Å². The summed E-state index contributed by atoms with van der Waals surface area (Å²) in [5.74, 6) is -0.372. The molecule has 0 saturated carbocycles. The number of carboxylic acids is 1. The van der Waals surface area contributed by atoms with Gasteiger partial charge in [0.05, 0.1) is 0 Å². The van der Waals surface area contributed by atoms with Crippen LogP contribution in [-0.4, -0.2) is 29.0 Å². The first-order chi connectivity index (χ1) is 13.2. The summed E-state index contributed by atoms with van der Waals surface area (Å²) in [6.45, 7) is 9.16. The highest BCUT2D eigenvalue weighted by Crippen LogP contribution is 2.19. The SMILES string of the molecule is CC.CC(=O)c1ccc(Cl)cc1.CC(C)(Oc1ccc(CCN)cc1)C(=O)O. The first-order valence-corrected chi connectivity index (χ1v) is 9.51. The maximum atomic E-state index is 10.9. The number of aliphatic carboxylic acids is 1. The van der Waals surface area contributed by atoms with E-state index in [0.717, 1.165) is 12.0 Å². The summed E-state index contributed by atoms with van der Waals surface area (Å²) in [6.07, 6.45) is 0.808. The first kappa shape index (κ1) is 25.6. The lowest BCUT2D eigenvalue weighted by molar-refractivity contribution is -0.152. The molecule has 154 valence electrons. The van der Waals surface area contributed by atoms with Gasteiger partial charge in [-0.25, -0.2) is 4.79 Å². The van der Waals surface area contributed by atoms with Gasteiger partial charge in [-0.15, -0.1) is 0 Å². The summed E-state index contributed by atoms with van der Waals surface area (Å²) in [5, 5.41) is 9.56. The number of halogens is 1. The fourth-order valence-corrected chi connectivity index (χ4v) is 2.04. The molecule has 5 nitrogen and oxygen atoms in total. The zero-order chi connectivity index (χ0) is 21.7. The van der Waals surface area contributed by atoms with Crippen molar-refractivity contribution in [2.45, 2.75) is 46.6 Å². The Bertz CT molecular complexity index is 725. The van der Waals surface area contributed by atoms with Crippen LogP contribution in [-0.2, 0) is 11.2 Å². The topological polar surface area (TPSA) is 89.6 Å². The van der Waals surface area contributed by atoms with Crippen molar-refractivity contribution in [2.24, 2.45) is 5.73 Å². The molecule has 0 fully saturated rings. The number of ketones is 1. The quantitative estimate of drug-likeness (QED) is 0.657. The molecule has 0 radical (unpaired) electrons. The van der Waals surface area contributed by atoms with Crippen molar-refractivity contribution in [3.05, 3.63) is 64.7 Å². The predicted octanol–water partition coefficient (Wildman–Crippen LogP) is 5.00. The molecule has 0 atom stereocenters. The lowest BCUT2D eigenvalue weighted by atomic mass is 10.1.